The largest absolute Gasteiger partial charge is 0.380 e. The summed E-state index contributed by atoms with van der Waals surface area (Å²) in [5, 5.41) is 3.70. The molecule has 1 aliphatic rings. The number of anilines is 1. The summed E-state index contributed by atoms with van der Waals surface area (Å²) in [5.41, 5.74) is 3.03. The molecule has 2 heteroatoms. The second-order valence-electron chi connectivity index (χ2n) is 5.49. The third kappa shape index (κ3) is 2.22. The van der Waals surface area contributed by atoms with Crippen LogP contribution >= 0.6 is 11.8 Å². The molecule has 88 valence electrons. The van der Waals surface area contributed by atoms with Gasteiger partial charge in [0.15, 0.2) is 0 Å². The number of rotatable bonds is 1. The summed E-state index contributed by atoms with van der Waals surface area (Å²) in [5.74, 6) is 1.19. The fraction of sp³-hybridized carbons (Fsp3) is 0.571. The Labute approximate surface area is 103 Å². The Hall–Kier alpha value is -0.630. The maximum atomic E-state index is 3.70. The Balaban J connectivity index is 2.42. The summed E-state index contributed by atoms with van der Waals surface area (Å²) in [7, 11) is 0. The molecular formula is C14H21NS. The number of thioether (sulfide) groups is 1. The normalized spacial score (nSPS) is 20.1. The van der Waals surface area contributed by atoms with Crippen molar-refractivity contribution in [3.05, 3.63) is 23.8 Å². The zero-order valence-electron chi connectivity index (χ0n) is 10.6. The van der Waals surface area contributed by atoms with Gasteiger partial charge >= 0.3 is 0 Å². The highest BCUT2D eigenvalue weighted by Gasteiger charge is 2.24. The molecule has 1 N–H and O–H groups in total. The Bertz CT molecular complexity index is 379. The quantitative estimate of drug-likeness (QED) is 0.779. The average molecular weight is 235 g/mol. The van der Waals surface area contributed by atoms with Crippen LogP contribution in [0.25, 0.3) is 0 Å². The first kappa shape index (κ1) is 11.8. The molecule has 0 radical (unpaired) electrons. The van der Waals surface area contributed by atoms with E-state index < -0.39 is 0 Å². The van der Waals surface area contributed by atoms with Crippen molar-refractivity contribution in [2.45, 2.75) is 50.5 Å². The Kier molecular flexibility index (Phi) is 3.20. The smallest absolute Gasteiger partial charge is 0.0518 e. The lowest BCUT2D eigenvalue weighted by Crippen LogP contribution is -2.27. The van der Waals surface area contributed by atoms with E-state index in [4.69, 9.17) is 0 Å². The lowest BCUT2D eigenvalue weighted by atomic mass is 9.85. The first-order chi connectivity index (χ1) is 7.52. The van der Waals surface area contributed by atoms with E-state index in [1.165, 1.54) is 28.3 Å². The van der Waals surface area contributed by atoms with Crippen LogP contribution in [0.4, 0.5) is 5.69 Å². The minimum Gasteiger partial charge on any atom is -0.380 e. The van der Waals surface area contributed by atoms with Crippen molar-refractivity contribution in [2.75, 3.05) is 11.1 Å². The lowest BCUT2D eigenvalue weighted by Gasteiger charge is -2.31. The maximum absolute atomic E-state index is 3.70. The number of benzene rings is 1. The number of nitrogens with one attached hydrogen (secondary N) is 1. The highest BCUT2D eigenvalue weighted by Crippen LogP contribution is 2.40. The number of hydrogen-bond acceptors (Lipinski definition) is 2. The molecular weight excluding hydrogens is 214 g/mol. The summed E-state index contributed by atoms with van der Waals surface area (Å²) >= 11 is 1.99. The Morgan fingerprint density at radius 1 is 1.38 bits per heavy atom. The zero-order valence-corrected chi connectivity index (χ0v) is 11.4. The van der Waals surface area contributed by atoms with Gasteiger partial charge in [-0.1, -0.05) is 39.8 Å². The van der Waals surface area contributed by atoms with Gasteiger partial charge in [-0.05, 0) is 23.5 Å². The van der Waals surface area contributed by atoms with Crippen molar-refractivity contribution in [1.82, 2.24) is 0 Å². The summed E-state index contributed by atoms with van der Waals surface area (Å²) in [6.07, 6.45) is 1.20. The van der Waals surface area contributed by atoms with Crippen LogP contribution in [0.2, 0.25) is 0 Å². The molecule has 1 nitrogen and oxygen atoms in total. The van der Waals surface area contributed by atoms with E-state index in [9.17, 15) is 0 Å². The summed E-state index contributed by atoms with van der Waals surface area (Å²) in [4.78, 5) is 1.41. The van der Waals surface area contributed by atoms with Crippen molar-refractivity contribution in [3.8, 4) is 0 Å². The van der Waals surface area contributed by atoms with Gasteiger partial charge in [-0.25, -0.2) is 0 Å². The summed E-state index contributed by atoms with van der Waals surface area (Å²) in [6.45, 7) is 9.10. The molecule has 1 aliphatic heterocycles. The lowest BCUT2D eigenvalue weighted by molar-refractivity contribution is 0.588. The van der Waals surface area contributed by atoms with Crippen LogP contribution in [-0.4, -0.2) is 11.8 Å². The first-order valence-electron chi connectivity index (χ1n) is 6.05. The fourth-order valence-electron chi connectivity index (χ4n) is 2.08. The molecule has 0 bridgehead atoms. The molecule has 1 unspecified atom stereocenters. The minimum atomic E-state index is 0.217. The average Bonchev–Trinajstić information content (AvgIpc) is 2.26. The van der Waals surface area contributed by atoms with Crippen molar-refractivity contribution >= 4 is 17.4 Å². The molecule has 1 aromatic rings. The van der Waals surface area contributed by atoms with Crippen molar-refractivity contribution in [2.24, 2.45) is 0 Å². The SMILES string of the molecule is CCC1CSc2cccc(C(C)(C)C)c2N1. The molecule has 0 aromatic heterocycles. The van der Waals surface area contributed by atoms with E-state index in [1.54, 1.807) is 0 Å². The molecule has 16 heavy (non-hydrogen) atoms. The molecule has 0 fully saturated rings. The summed E-state index contributed by atoms with van der Waals surface area (Å²) in [6, 6.07) is 7.29. The van der Waals surface area contributed by atoms with Gasteiger partial charge in [-0.3, -0.25) is 0 Å². The molecule has 0 amide bonds. The number of hydrogen-bond donors (Lipinski definition) is 1. The highest BCUT2D eigenvalue weighted by atomic mass is 32.2. The van der Waals surface area contributed by atoms with Gasteiger partial charge in [-0.15, -0.1) is 11.8 Å². The predicted molar refractivity (Wildman–Crippen MR) is 73.6 cm³/mol. The van der Waals surface area contributed by atoms with Gasteiger partial charge in [0.2, 0.25) is 0 Å². The standard InChI is InChI=1S/C14H21NS/c1-5-10-9-16-12-8-6-7-11(13(12)15-10)14(2,3)4/h6-8,10,15H,5,9H2,1-4H3. The van der Waals surface area contributed by atoms with Gasteiger partial charge < -0.3 is 5.32 Å². The monoisotopic (exact) mass is 235 g/mol. The second kappa shape index (κ2) is 4.33. The number of para-hydroxylation sites is 1. The van der Waals surface area contributed by atoms with E-state index in [1.807, 2.05) is 11.8 Å². The molecule has 0 spiro atoms. The maximum Gasteiger partial charge on any atom is 0.0518 e. The van der Waals surface area contributed by atoms with Gasteiger partial charge in [-0.2, -0.15) is 0 Å². The summed E-state index contributed by atoms with van der Waals surface area (Å²) < 4.78 is 0. The van der Waals surface area contributed by atoms with Crippen LogP contribution in [-0.2, 0) is 5.41 Å². The van der Waals surface area contributed by atoms with Crippen LogP contribution in [0.3, 0.4) is 0 Å². The molecule has 0 saturated heterocycles. The highest BCUT2D eigenvalue weighted by molar-refractivity contribution is 7.99. The van der Waals surface area contributed by atoms with E-state index in [2.05, 4.69) is 51.2 Å². The van der Waals surface area contributed by atoms with Gasteiger partial charge in [0.1, 0.15) is 0 Å². The van der Waals surface area contributed by atoms with Gasteiger partial charge in [0.05, 0.1) is 5.69 Å². The second-order valence-corrected chi connectivity index (χ2v) is 6.55. The molecule has 1 aromatic carbocycles. The predicted octanol–water partition coefficient (Wildman–Crippen LogP) is 4.28. The van der Waals surface area contributed by atoms with Crippen LogP contribution in [0, 0.1) is 0 Å². The van der Waals surface area contributed by atoms with Gasteiger partial charge in [0, 0.05) is 16.7 Å². The van der Waals surface area contributed by atoms with Crippen molar-refractivity contribution < 1.29 is 0 Å². The third-order valence-electron chi connectivity index (χ3n) is 3.12. The Morgan fingerprint density at radius 3 is 2.75 bits per heavy atom. The third-order valence-corrected chi connectivity index (χ3v) is 4.34. The minimum absolute atomic E-state index is 0.217. The topological polar surface area (TPSA) is 12.0 Å². The zero-order chi connectivity index (χ0) is 11.8. The molecule has 1 heterocycles. The number of fused-ring (bicyclic) bond motifs is 1. The van der Waals surface area contributed by atoms with Crippen molar-refractivity contribution in [1.29, 1.82) is 0 Å². The molecule has 1 atom stereocenters. The van der Waals surface area contributed by atoms with E-state index in [0.717, 1.165) is 0 Å². The Morgan fingerprint density at radius 2 is 2.12 bits per heavy atom. The first-order valence-corrected chi connectivity index (χ1v) is 7.03. The van der Waals surface area contributed by atoms with Gasteiger partial charge in [0.25, 0.3) is 0 Å². The van der Waals surface area contributed by atoms with E-state index in [-0.39, 0.29) is 5.41 Å². The van der Waals surface area contributed by atoms with Crippen LogP contribution in [0.15, 0.2) is 23.1 Å². The van der Waals surface area contributed by atoms with E-state index in [0.29, 0.717) is 6.04 Å². The van der Waals surface area contributed by atoms with Crippen LogP contribution in [0.1, 0.15) is 39.7 Å². The van der Waals surface area contributed by atoms with Crippen LogP contribution in [0.5, 0.6) is 0 Å². The molecule has 0 aliphatic carbocycles. The van der Waals surface area contributed by atoms with E-state index >= 15 is 0 Å². The molecule has 2 rings (SSSR count). The fourth-order valence-corrected chi connectivity index (χ4v) is 3.27. The molecule has 0 saturated carbocycles. The van der Waals surface area contributed by atoms with Crippen LogP contribution < -0.4 is 5.32 Å². The van der Waals surface area contributed by atoms with Crippen molar-refractivity contribution in [3.63, 3.8) is 0 Å².